The van der Waals surface area contributed by atoms with Crippen LogP contribution < -0.4 is 5.69 Å². The molecule has 0 spiro atoms. The first-order valence-corrected chi connectivity index (χ1v) is 10.2. The molecule has 4 rings (SSSR count). The van der Waals surface area contributed by atoms with E-state index in [2.05, 4.69) is 10.2 Å². The van der Waals surface area contributed by atoms with Gasteiger partial charge in [-0.3, -0.25) is 4.57 Å². The topological polar surface area (TPSA) is 99.4 Å². The summed E-state index contributed by atoms with van der Waals surface area (Å²) in [4.78, 5) is 24.5. The third-order valence-corrected chi connectivity index (χ3v) is 5.64. The number of esters is 1. The number of H-pyrrole nitrogens is 1. The number of carbonyl (C=O) groups excluding carboxylic acids is 1. The minimum Gasteiger partial charge on any atom is -0.460 e. The number of para-hydroxylation sites is 1. The van der Waals surface area contributed by atoms with Crippen LogP contribution in [-0.4, -0.2) is 40.1 Å². The maximum atomic E-state index is 12.3. The number of benzene rings is 1. The normalized spacial score (nSPS) is 16.7. The molecule has 8 nitrogen and oxygen atoms in total. The molecule has 0 saturated carbocycles. The summed E-state index contributed by atoms with van der Waals surface area (Å²) in [7, 11) is 0. The maximum Gasteiger partial charge on any atom is 0.374 e. The fourth-order valence-corrected chi connectivity index (χ4v) is 4.29. The molecular formula is C19H21N3O5S. The highest BCUT2D eigenvalue weighted by Gasteiger charge is 2.24. The molecule has 2 aromatic heterocycles. The van der Waals surface area contributed by atoms with Crippen LogP contribution in [0.5, 0.6) is 0 Å². The van der Waals surface area contributed by atoms with Crippen molar-refractivity contribution in [1.82, 2.24) is 14.8 Å². The van der Waals surface area contributed by atoms with Gasteiger partial charge in [-0.25, -0.2) is 14.7 Å². The van der Waals surface area contributed by atoms with Crippen molar-refractivity contribution in [2.75, 3.05) is 13.2 Å². The third-order valence-electron chi connectivity index (χ3n) is 4.64. The van der Waals surface area contributed by atoms with Gasteiger partial charge in [-0.2, -0.15) is 0 Å². The first kappa shape index (κ1) is 18.8. The van der Waals surface area contributed by atoms with Crippen LogP contribution in [0, 0.1) is 0 Å². The lowest BCUT2D eigenvalue weighted by molar-refractivity contribution is 0.0491. The fraction of sp³-hybridized carbons (Fsp3) is 0.421. The molecule has 1 saturated heterocycles. The number of nitrogens with zero attached hydrogens (tertiary/aromatic N) is 2. The molecule has 9 heteroatoms. The molecule has 0 radical (unpaired) electrons. The number of furan rings is 1. The molecule has 28 heavy (non-hydrogen) atoms. The van der Waals surface area contributed by atoms with Crippen LogP contribution in [0.4, 0.5) is 0 Å². The van der Waals surface area contributed by atoms with Gasteiger partial charge >= 0.3 is 11.7 Å². The number of carbonyl (C=O) groups is 1. The fourth-order valence-electron chi connectivity index (χ4n) is 3.31. The lowest BCUT2D eigenvalue weighted by Crippen LogP contribution is -2.25. The van der Waals surface area contributed by atoms with Gasteiger partial charge in [0.1, 0.15) is 5.58 Å². The predicted octanol–water partition coefficient (Wildman–Crippen LogP) is 2.97. The Morgan fingerprint density at radius 3 is 3.07 bits per heavy atom. The average Bonchev–Trinajstić information content (AvgIpc) is 3.41. The van der Waals surface area contributed by atoms with Crippen molar-refractivity contribution in [3.8, 4) is 0 Å². The lowest BCUT2D eigenvalue weighted by Gasteiger charge is -2.11. The standard InChI is InChI=1S/C19H21N3O5S/c1-2-25-17(23)16-14(13-7-3-4-8-15(13)27-16)11-28-19-21-20-18(24)22(19)10-12-6-5-9-26-12/h3-4,7-8,12H,2,5-6,9-11H2,1H3,(H,20,24)/t12-/m0/s1. The van der Waals surface area contributed by atoms with Gasteiger partial charge in [0.15, 0.2) is 5.16 Å². The highest BCUT2D eigenvalue weighted by molar-refractivity contribution is 7.98. The van der Waals surface area contributed by atoms with Gasteiger partial charge in [0.05, 0.1) is 19.3 Å². The maximum absolute atomic E-state index is 12.3. The number of aromatic amines is 1. The van der Waals surface area contributed by atoms with Crippen LogP contribution in [-0.2, 0) is 21.8 Å². The van der Waals surface area contributed by atoms with Gasteiger partial charge in [-0.1, -0.05) is 30.0 Å². The quantitative estimate of drug-likeness (QED) is 0.478. The number of hydrogen-bond donors (Lipinski definition) is 1. The highest BCUT2D eigenvalue weighted by Crippen LogP contribution is 2.32. The smallest absolute Gasteiger partial charge is 0.374 e. The lowest BCUT2D eigenvalue weighted by atomic mass is 10.1. The van der Waals surface area contributed by atoms with E-state index in [0.29, 0.717) is 23.0 Å². The molecule has 1 aliphatic rings. The highest BCUT2D eigenvalue weighted by atomic mass is 32.2. The Hall–Kier alpha value is -2.52. The summed E-state index contributed by atoms with van der Waals surface area (Å²) in [5, 5.41) is 8.04. The molecule has 1 atom stereocenters. The van der Waals surface area contributed by atoms with Crippen molar-refractivity contribution in [3.05, 3.63) is 46.1 Å². The summed E-state index contributed by atoms with van der Waals surface area (Å²) < 4.78 is 18.1. The van der Waals surface area contributed by atoms with Crippen LogP contribution in [0.3, 0.4) is 0 Å². The molecule has 0 amide bonds. The minimum atomic E-state index is -0.493. The van der Waals surface area contributed by atoms with E-state index in [9.17, 15) is 9.59 Å². The van der Waals surface area contributed by atoms with Crippen molar-refractivity contribution in [1.29, 1.82) is 0 Å². The summed E-state index contributed by atoms with van der Waals surface area (Å²) in [5.41, 5.74) is 1.10. The number of ether oxygens (including phenoxy) is 2. The summed E-state index contributed by atoms with van der Waals surface area (Å²) in [6, 6.07) is 7.46. The van der Waals surface area contributed by atoms with Gasteiger partial charge < -0.3 is 13.9 Å². The van der Waals surface area contributed by atoms with E-state index in [1.54, 1.807) is 11.5 Å². The molecule has 0 aliphatic carbocycles. The van der Waals surface area contributed by atoms with E-state index in [1.807, 2.05) is 24.3 Å². The molecule has 1 aromatic carbocycles. The molecule has 0 unspecified atom stereocenters. The first-order valence-electron chi connectivity index (χ1n) is 9.24. The Morgan fingerprint density at radius 2 is 2.29 bits per heavy atom. The van der Waals surface area contributed by atoms with E-state index < -0.39 is 5.97 Å². The van der Waals surface area contributed by atoms with Gasteiger partial charge in [0.25, 0.3) is 0 Å². The van der Waals surface area contributed by atoms with Crippen LogP contribution in [0.1, 0.15) is 35.9 Å². The van der Waals surface area contributed by atoms with Gasteiger partial charge in [0.2, 0.25) is 5.76 Å². The van der Waals surface area contributed by atoms with Gasteiger partial charge in [-0.15, -0.1) is 5.10 Å². The molecule has 1 aliphatic heterocycles. The Kier molecular flexibility index (Phi) is 5.54. The van der Waals surface area contributed by atoms with Crippen molar-refractivity contribution in [2.45, 2.75) is 43.3 Å². The van der Waals surface area contributed by atoms with Crippen LogP contribution >= 0.6 is 11.8 Å². The third kappa shape index (κ3) is 3.72. The zero-order chi connectivity index (χ0) is 19.5. The van der Waals surface area contributed by atoms with E-state index in [-0.39, 0.29) is 24.2 Å². The van der Waals surface area contributed by atoms with E-state index in [4.69, 9.17) is 13.9 Å². The number of hydrogen-bond acceptors (Lipinski definition) is 7. The summed E-state index contributed by atoms with van der Waals surface area (Å²) in [6.45, 7) is 3.21. The Balaban J connectivity index is 1.60. The number of rotatable bonds is 7. The van der Waals surface area contributed by atoms with Crippen LogP contribution in [0.2, 0.25) is 0 Å². The monoisotopic (exact) mass is 403 g/mol. The molecule has 0 bridgehead atoms. The number of aromatic nitrogens is 3. The van der Waals surface area contributed by atoms with E-state index >= 15 is 0 Å². The molecule has 1 fully saturated rings. The van der Waals surface area contributed by atoms with Crippen LogP contribution in [0.25, 0.3) is 11.0 Å². The summed E-state index contributed by atoms with van der Waals surface area (Å²) in [6.07, 6.45) is 1.96. The van der Waals surface area contributed by atoms with Gasteiger partial charge in [0, 0.05) is 23.3 Å². The zero-order valence-corrected chi connectivity index (χ0v) is 16.3. The average molecular weight is 403 g/mol. The predicted molar refractivity (Wildman–Crippen MR) is 104 cm³/mol. The Morgan fingerprint density at radius 1 is 1.43 bits per heavy atom. The number of nitrogens with one attached hydrogen (secondary N) is 1. The summed E-state index contributed by atoms with van der Waals surface area (Å²) in [5.74, 6) is 0.119. The Bertz CT molecular complexity index is 1030. The van der Waals surface area contributed by atoms with Crippen molar-refractivity contribution < 1.29 is 18.7 Å². The molecule has 3 aromatic rings. The SMILES string of the molecule is CCOC(=O)c1oc2ccccc2c1CSc1n[nH]c(=O)n1C[C@@H]1CCCO1. The molecule has 1 N–H and O–H groups in total. The molecule has 3 heterocycles. The van der Waals surface area contributed by atoms with Crippen molar-refractivity contribution >= 4 is 28.7 Å². The minimum absolute atomic E-state index is 0.0273. The van der Waals surface area contributed by atoms with Crippen LogP contribution in [0.15, 0.2) is 38.6 Å². The first-order chi connectivity index (χ1) is 13.7. The van der Waals surface area contributed by atoms with E-state index in [0.717, 1.165) is 30.4 Å². The Labute approximate surface area is 165 Å². The zero-order valence-electron chi connectivity index (χ0n) is 15.5. The van der Waals surface area contributed by atoms with Crippen molar-refractivity contribution in [3.63, 3.8) is 0 Å². The number of fused-ring (bicyclic) bond motifs is 1. The second-order valence-electron chi connectivity index (χ2n) is 6.47. The van der Waals surface area contributed by atoms with Gasteiger partial charge in [-0.05, 0) is 25.8 Å². The molecular weight excluding hydrogens is 382 g/mol. The second kappa shape index (κ2) is 8.24. The summed E-state index contributed by atoms with van der Waals surface area (Å²) >= 11 is 1.37. The largest absolute Gasteiger partial charge is 0.460 e. The molecule has 148 valence electrons. The van der Waals surface area contributed by atoms with E-state index in [1.165, 1.54) is 11.8 Å². The number of thioether (sulfide) groups is 1. The second-order valence-corrected chi connectivity index (χ2v) is 7.41. The van der Waals surface area contributed by atoms with Crippen molar-refractivity contribution in [2.24, 2.45) is 0 Å².